The van der Waals surface area contributed by atoms with E-state index >= 15 is 0 Å². The van der Waals surface area contributed by atoms with Gasteiger partial charge in [-0.3, -0.25) is 19.0 Å². The van der Waals surface area contributed by atoms with E-state index in [2.05, 4.69) is 26.2 Å². The Morgan fingerprint density at radius 2 is 2.03 bits per heavy atom. The van der Waals surface area contributed by atoms with Gasteiger partial charge in [0.25, 0.3) is 5.56 Å². The van der Waals surface area contributed by atoms with Gasteiger partial charge in [-0.15, -0.1) is 0 Å². The topological polar surface area (TPSA) is 97.4 Å². The van der Waals surface area contributed by atoms with Crippen LogP contribution in [0.2, 0.25) is 0 Å². The molecular formula is C21H21BrN4O4. The van der Waals surface area contributed by atoms with E-state index in [1.54, 1.807) is 29.4 Å². The first kappa shape index (κ1) is 20.3. The monoisotopic (exact) mass is 472 g/mol. The molecule has 0 saturated carbocycles. The van der Waals surface area contributed by atoms with Crippen LogP contribution in [0.5, 0.6) is 0 Å². The predicted octanol–water partition coefficient (Wildman–Crippen LogP) is 2.31. The van der Waals surface area contributed by atoms with Crippen LogP contribution in [0.25, 0.3) is 10.9 Å². The molecule has 9 heteroatoms. The normalized spacial score (nSPS) is 14.8. The number of benzene rings is 1. The van der Waals surface area contributed by atoms with Crippen molar-refractivity contribution in [2.24, 2.45) is 5.92 Å². The average Bonchev–Trinajstić information content (AvgIpc) is 3.28. The molecule has 1 fully saturated rings. The first-order chi connectivity index (χ1) is 14.5. The second kappa shape index (κ2) is 8.83. The van der Waals surface area contributed by atoms with Crippen LogP contribution in [0.4, 0.5) is 0 Å². The number of likely N-dealkylation sites (tertiary alicyclic amines) is 1. The summed E-state index contributed by atoms with van der Waals surface area (Å²) in [5, 5.41) is 3.34. The fourth-order valence-electron chi connectivity index (χ4n) is 3.61. The van der Waals surface area contributed by atoms with Gasteiger partial charge in [-0.2, -0.15) is 0 Å². The second-order valence-electron chi connectivity index (χ2n) is 7.29. The first-order valence-electron chi connectivity index (χ1n) is 9.74. The number of hydrogen-bond donors (Lipinski definition) is 1. The number of carbonyl (C=O) groups is 2. The largest absolute Gasteiger partial charge is 0.467 e. The highest BCUT2D eigenvalue weighted by atomic mass is 79.9. The SMILES string of the molecule is O=C(NCc1ccco1)C1CCN(C(=O)Cn2cnc3ccc(Br)cc3c2=O)CC1. The van der Waals surface area contributed by atoms with E-state index in [-0.39, 0.29) is 29.8 Å². The third kappa shape index (κ3) is 4.46. The molecule has 0 unspecified atom stereocenters. The van der Waals surface area contributed by atoms with Crippen molar-refractivity contribution in [1.82, 2.24) is 19.8 Å². The Labute approximate surface area is 181 Å². The van der Waals surface area contributed by atoms with Crippen molar-refractivity contribution >= 4 is 38.6 Å². The summed E-state index contributed by atoms with van der Waals surface area (Å²) in [4.78, 5) is 43.7. The van der Waals surface area contributed by atoms with Crippen LogP contribution >= 0.6 is 15.9 Å². The van der Waals surface area contributed by atoms with Gasteiger partial charge in [0, 0.05) is 23.5 Å². The lowest BCUT2D eigenvalue weighted by molar-refractivity contribution is -0.136. The van der Waals surface area contributed by atoms with E-state index in [1.807, 2.05) is 12.1 Å². The van der Waals surface area contributed by atoms with Gasteiger partial charge >= 0.3 is 0 Å². The van der Waals surface area contributed by atoms with Crippen molar-refractivity contribution in [3.05, 3.63) is 63.5 Å². The second-order valence-corrected chi connectivity index (χ2v) is 8.21. The highest BCUT2D eigenvalue weighted by molar-refractivity contribution is 9.10. The van der Waals surface area contributed by atoms with Crippen molar-refractivity contribution in [2.75, 3.05) is 13.1 Å². The van der Waals surface area contributed by atoms with Gasteiger partial charge in [-0.25, -0.2) is 4.98 Å². The molecule has 4 rings (SSSR count). The smallest absolute Gasteiger partial charge is 0.261 e. The molecule has 0 atom stereocenters. The van der Waals surface area contributed by atoms with Crippen LogP contribution in [-0.2, 0) is 22.7 Å². The van der Waals surface area contributed by atoms with E-state index in [0.29, 0.717) is 49.1 Å². The molecule has 1 aliphatic heterocycles. The van der Waals surface area contributed by atoms with Crippen molar-refractivity contribution in [2.45, 2.75) is 25.9 Å². The van der Waals surface area contributed by atoms with Crippen molar-refractivity contribution in [3.8, 4) is 0 Å². The Balaban J connectivity index is 1.33. The van der Waals surface area contributed by atoms with Crippen LogP contribution in [-0.4, -0.2) is 39.4 Å². The van der Waals surface area contributed by atoms with Gasteiger partial charge < -0.3 is 14.6 Å². The molecular weight excluding hydrogens is 452 g/mol. The lowest BCUT2D eigenvalue weighted by atomic mass is 9.96. The maximum atomic E-state index is 12.7. The summed E-state index contributed by atoms with van der Waals surface area (Å²) in [6, 6.07) is 8.87. The lowest BCUT2D eigenvalue weighted by Gasteiger charge is -2.31. The number of halogens is 1. The van der Waals surface area contributed by atoms with E-state index in [0.717, 1.165) is 4.47 Å². The van der Waals surface area contributed by atoms with Gasteiger partial charge in [0.15, 0.2) is 0 Å². The van der Waals surface area contributed by atoms with Gasteiger partial charge in [-0.1, -0.05) is 15.9 Å². The fourth-order valence-corrected chi connectivity index (χ4v) is 3.97. The molecule has 2 amide bonds. The third-order valence-electron chi connectivity index (χ3n) is 5.33. The summed E-state index contributed by atoms with van der Waals surface area (Å²) < 4.78 is 7.33. The first-order valence-corrected chi connectivity index (χ1v) is 10.5. The van der Waals surface area contributed by atoms with Crippen LogP contribution < -0.4 is 10.9 Å². The minimum atomic E-state index is -0.248. The number of nitrogens with one attached hydrogen (secondary N) is 1. The highest BCUT2D eigenvalue weighted by Crippen LogP contribution is 2.18. The van der Waals surface area contributed by atoms with Gasteiger partial charge in [0.1, 0.15) is 12.3 Å². The van der Waals surface area contributed by atoms with Gasteiger partial charge in [0.2, 0.25) is 11.8 Å². The molecule has 1 aliphatic rings. The van der Waals surface area contributed by atoms with Crippen molar-refractivity contribution < 1.29 is 14.0 Å². The highest BCUT2D eigenvalue weighted by Gasteiger charge is 2.27. The van der Waals surface area contributed by atoms with E-state index in [1.165, 1.54) is 10.9 Å². The van der Waals surface area contributed by atoms with Crippen molar-refractivity contribution in [1.29, 1.82) is 0 Å². The van der Waals surface area contributed by atoms with E-state index in [4.69, 9.17) is 4.42 Å². The number of rotatable bonds is 5. The minimum Gasteiger partial charge on any atom is -0.467 e. The molecule has 3 aromatic rings. The number of hydrogen-bond acceptors (Lipinski definition) is 5. The Bertz CT molecular complexity index is 1120. The Morgan fingerprint density at radius 3 is 2.77 bits per heavy atom. The zero-order valence-corrected chi connectivity index (χ0v) is 17.8. The van der Waals surface area contributed by atoms with Crippen LogP contribution in [0.1, 0.15) is 18.6 Å². The summed E-state index contributed by atoms with van der Waals surface area (Å²) in [5.74, 6) is 0.394. The number of nitrogens with zero attached hydrogens (tertiary/aromatic N) is 3. The molecule has 3 heterocycles. The Kier molecular flexibility index (Phi) is 5.98. The maximum Gasteiger partial charge on any atom is 0.261 e. The minimum absolute atomic E-state index is 0.0287. The molecule has 1 saturated heterocycles. The van der Waals surface area contributed by atoms with Crippen LogP contribution in [0.3, 0.4) is 0 Å². The molecule has 0 bridgehead atoms. The maximum absolute atomic E-state index is 12.7. The molecule has 0 aliphatic carbocycles. The molecule has 2 aromatic heterocycles. The lowest BCUT2D eigenvalue weighted by Crippen LogP contribution is -2.44. The molecule has 0 radical (unpaired) electrons. The molecule has 0 spiro atoms. The van der Waals surface area contributed by atoms with Crippen LogP contribution in [0.15, 0.2) is 56.6 Å². The van der Waals surface area contributed by atoms with Crippen LogP contribution in [0, 0.1) is 5.92 Å². The zero-order chi connectivity index (χ0) is 21.1. The molecule has 1 aromatic carbocycles. The summed E-state index contributed by atoms with van der Waals surface area (Å²) in [6.07, 6.45) is 4.16. The summed E-state index contributed by atoms with van der Waals surface area (Å²) in [7, 11) is 0. The standard InChI is InChI=1S/C21H21BrN4O4/c22-15-3-4-18-17(10-15)21(29)26(13-24-18)12-19(27)25-7-5-14(6-8-25)20(28)23-11-16-2-1-9-30-16/h1-4,9-10,13-14H,5-8,11-12H2,(H,23,28). The molecule has 30 heavy (non-hydrogen) atoms. The summed E-state index contributed by atoms with van der Waals surface area (Å²) in [6.45, 7) is 1.26. The fraction of sp³-hybridized carbons (Fsp3) is 0.333. The number of carbonyl (C=O) groups excluding carboxylic acids is 2. The molecule has 1 N–H and O–H groups in total. The number of amides is 2. The third-order valence-corrected chi connectivity index (χ3v) is 5.82. The van der Waals surface area contributed by atoms with E-state index in [9.17, 15) is 14.4 Å². The van der Waals surface area contributed by atoms with Crippen molar-refractivity contribution in [3.63, 3.8) is 0 Å². The molecule has 8 nitrogen and oxygen atoms in total. The average molecular weight is 473 g/mol. The number of aromatic nitrogens is 2. The number of furan rings is 1. The van der Waals surface area contributed by atoms with Gasteiger partial charge in [0.05, 0.1) is 30.0 Å². The summed E-state index contributed by atoms with van der Waals surface area (Å²) >= 11 is 3.36. The zero-order valence-electron chi connectivity index (χ0n) is 16.2. The number of fused-ring (bicyclic) bond motifs is 1. The Hall–Kier alpha value is -2.94. The summed E-state index contributed by atoms with van der Waals surface area (Å²) in [5.41, 5.74) is 0.343. The molecule has 156 valence electrons. The Morgan fingerprint density at radius 1 is 1.23 bits per heavy atom. The van der Waals surface area contributed by atoms with Gasteiger partial charge in [-0.05, 0) is 43.2 Å². The quantitative estimate of drug-likeness (QED) is 0.614. The number of piperidine rings is 1. The van der Waals surface area contributed by atoms with E-state index < -0.39 is 0 Å². The predicted molar refractivity (Wildman–Crippen MR) is 114 cm³/mol.